The van der Waals surface area contributed by atoms with Gasteiger partial charge in [0.25, 0.3) is 5.91 Å². The Labute approximate surface area is 140 Å². The van der Waals surface area contributed by atoms with Gasteiger partial charge >= 0.3 is 0 Å². The van der Waals surface area contributed by atoms with Crippen molar-refractivity contribution >= 4 is 17.5 Å². The van der Waals surface area contributed by atoms with E-state index >= 15 is 0 Å². The van der Waals surface area contributed by atoms with Crippen molar-refractivity contribution in [2.75, 3.05) is 37.4 Å². The maximum atomic E-state index is 12.1. The lowest BCUT2D eigenvalue weighted by atomic mass is 10.3. The number of anilines is 2. The normalized spacial score (nSPS) is 10.3. The predicted molar refractivity (Wildman–Crippen MR) is 91.5 cm³/mol. The molecule has 2 heterocycles. The van der Waals surface area contributed by atoms with E-state index in [1.54, 1.807) is 13.2 Å². The molecule has 0 aromatic carbocycles. The third-order valence-corrected chi connectivity index (χ3v) is 3.15. The van der Waals surface area contributed by atoms with E-state index in [-0.39, 0.29) is 5.91 Å². The summed E-state index contributed by atoms with van der Waals surface area (Å²) in [5, 5.41) is 13.2. The first-order valence-corrected chi connectivity index (χ1v) is 7.72. The molecule has 130 valence electrons. The van der Waals surface area contributed by atoms with Crippen LogP contribution in [0.5, 0.6) is 5.88 Å². The van der Waals surface area contributed by atoms with Crippen LogP contribution in [0.4, 0.5) is 11.6 Å². The van der Waals surface area contributed by atoms with Gasteiger partial charge in [0.1, 0.15) is 23.0 Å². The van der Waals surface area contributed by atoms with E-state index in [9.17, 15) is 4.79 Å². The Balaban J connectivity index is 1.85. The standard InChI is InChI=1S/C15H23N7O2/c1-5-16-12-8-13(20-10(2)19-12)17-6-7-18-14(23)11-9-22(3)21-15(11)24-4/h8-9H,5-7H2,1-4H3,(H,18,23)(H2,16,17,19,20). The molecule has 0 aliphatic carbocycles. The molecule has 0 unspecified atom stereocenters. The van der Waals surface area contributed by atoms with Gasteiger partial charge in [0.05, 0.1) is 7.11 Å². The number of nitrogens with one attached hydrogen (secondary N) is 3. The molecule has 2 aromatic heterocycles. The molecular formula is C15H23N7O2. The van der Waals surface area contributed by atoms with Gasteiger partial charge < -0.3 is 20.7 Å². The molecule has 0 aliphatic heterocycles. The average Bonchev–Trinajstić information content (AvgIpc) is 2.92. The van der Waals surface area contributed by atoms with Gasteiger partial charge in [0, 0.05) is 38.9 Å². The largest absolute Gasteiger partial charge is 0.479 e. The van der Waals surface area contributed by atoms with Gasteiger partial charge in [-0.15, -0.1) is 5.10 Å². The van der Waals surface area contributed by atoms with Crippen LogP contribution in [0, 0.1) is 6.92 Å². The molecule has 2 aromatic rings. The van der Waals surface area contributed by atoms with E-state index in [0.29, 0.717) is 36.2 Å². The summed E-state index contributed by atoms with van der Waals surface area (Å²) in [6.07, 6.45) is 1.62. The van der Waals surface area contributed by atoms with Gasteiger partial charge in [0.2, 0.25) is 5.88 Å². The molecule has 0 spiro atoms. The Morgan fingerprint density at radius 2 is 1.96 bits per heavy atom. The molecule has 0 bridgehead atoms. The van der Waals surface area contributed by atoms with E-state index in [0.717, 1.165) is 12.4 Å². The topological polar surface area (TPSA) is 106 Å². The summed E-state index contributed by atoms with van der Waals surface area (Å²) in [5.74, 6) is 2.25. The fraction of sp³-hybridized carbons (Fsp3) is 0.467. The number of hydrogen-bond acceptors (Lipinski definition) is 7. The lowest BCUT2D eigenvalue weighted by Gasteiger charge is -2.10. The van der Waals surface area contributed by atoms with Crippen molar-refractivity contribution in [2.45, 2.75) is 13.8 Å². The molecule has 24 heavy (non-hydrogen) atoms. The molecule has 0 aliphatic rings. The second-order valence-corrected chi connectivity index (χ2v) is 5.12. The maximum absolute atomic E-state index is 12.1. The van der Waals surface area contributed by atoms with Crippen LogP contribution < -0.4 is 20.7 Å². The summed E-state index contributed by atoms with van der Waals surface area (Å²) in [5.41, 5.74) is 0.410. The minimum Gasteiger partial charge on any atom is -0.479 e. The maximum Gasteiger partial charge on any atom is 0.258 e. The number of hydrogen-bond donors (Lipinski definition) is 3. The van der Waals surface area contributed by atoms with Crippen molar-refractivity contribution in [3.05, 3.63) is 23.7 Å². The molecule has 9 nitrogen and oxygen atoms in total. The van der Waals surface area contributed by atoms with Gasteiger partial charge in [-0.1, -0.05) is 0 Å². The van der Waals surface area contributed by atoms with E-state index < -0.39 is 0 Å². The van der Waals surface area contributed by atoms with Crippen LogP contribution in [0.3, 0.4) is 0 Å². The number of amides is 1. The summed E-state index contributed by atoms with van der Waals surface area (Å²) in [6, 6.07) is 1.84. The van der Waals surface area contributed by atoms with E-state index in [1.807, 2.05) is 19.9 Å². The van der Waals surface area contributed by atoms with Gasteiger partial charge in [-0.25, -0.2) is 9.97 Å². The number of methoxy groups -OCH3 is 1. The van der Waals surface area contributed by atoms with Crippen molar-refractivity contribution in [3.8, 4) is 5.88 Å². The minimum absolute atomic E-state index is 0.228. The van der Waals surface area contributed by atoms with Crippen molar-refractivity contribution in [2.24, 2.45) is 7.05 Å². The summed E-state index contributed by atoms with van der Waals surface area (Å²) in [6.45, 7) is 5.61. The highest BCUT2D eigenvalue weighted by Crippen LogP contribution is 2.14. The van der Waals surface area contributed by atoms with Gasteiger partial charge in [0.15, 0.2) is 0 Å². The summed E-state index contributed by atoms with van der Waals surface area (Å²) in [7, 11) is 3.22. The SMILES string of the molecule is CCNc1cc(NCCNC(=O)c2cn(C)nc2OC)nc(C)n1. The van der Waals surface area contributed by atoms with Gasteiger partial charge in [-0.2, -0.15) is 0 Å². The number of carbonyl (C=O) groups is 1. The average molecular weight is 333 g/mol. The Kier molecular flexibility index (Phi) is 5.94. The van der Waals surface area contributed by atoms with Crippen LogP contribution in [0.25, 0.3) is 0 Å². The van der Waals surface area contributed by atoms with Gasteiger partial charge in [-0.05, 0) is 13.8 Å². The van der Waals surface area contributed by atoms with Crippen LogP contribution in [0.1, 0.15) is 23.1 Å². The molecular weight excluding hydrogens is 310 g/mol. The molecule has 0 fully saturated rings. The van der Waals surface area contributed by atoms with Crippen LogP contribution in [-0.2, 0) is 7.05 Å². The summed E-state index contributed by atoms with van der Waals surface area (Å²) in [4.78, 5) is 20.7. The molecule has 0 saturated carbocycles. The van der Waals surface area contributed by atoms with E-state index in [4.69, 9.17) is 4.74 Å². The van der Waals surface area contributed by atoms with Crippen LogP contribution >= 0.6 is 0 Å². The van der Waals surface area contributed by atoms with Crippen molar-refractivity contribution in [1.82, 2.24) is 25.1 Å². The Hall–Kier alpha value is -2.84. The molecule has 9 heteroatoms. The number of aromatic nitrogens is 4. The second kappa shape index (κ2) is 8.14. The number of carbonyl (C=O) groups excluding carboxylic acids is 1. The minimum atomic E-state index is -0.228. The molecule has 0 atom stereocenters. The van der Waals surface area contributed by atoms with Crippen molar-refractivity contribution < 1.29 is 9.53 Å². The first kappa shape index (κ1) is 17.5. The Morgan fingerprint density at radius 3 is 2.62 bits per heavy atom. The fourth-order valence-electron chi connectivity index (χ4n) is 2.17. The fourth-order valence-corrected chi connectivity index (χ4v) is 2.17. The third kappa shape index (κ3) is 4.58. The molecule has 2 rings (SSSR count). The third-order valence-electron chi connectivity index (χ3n) is 3.15. The van der Waals surface area contributed by atoms with Crippen LogP contribution in [0.2, 0.25) is 0 Å². The number of nitrogens with zero attached hydrogens (tertiary/aromatic N) is 4. The molecule has 0 saturated heterocycles. The Bertz CT molecular complexity index is 699. The van der Waals surface area contributed by atoms with E-state index in [2.05, 4.69) is 31.0 Å². The predicted octanol–water partition coefficient (Wildman–Crippen LogP) is 0.801. The van der Waals surface area contributed by atoms with Crippen molar-refractivity contribution in [3.63, 3.8) is 0 Å². The summed E-state index contributed by atoms with van der Waals surface area (Å²) < 4.78 is 6.62. The highest BCUT2D eigenvalue weighted by Gasteiger charge is 2.15. The molecule has 1 amide bonds. The molecule has 3 N–H and O–H groups in total. The van der Waals surface area contributed by atoms with Crippen molar-refractivity contribution in [1.29, 1.82) is 0 Å². The molecule has 0 radical (unpaired) electrons. The zero-order chi connectivity index (χ0) is 17.5. The van der Waals surface area contributed by atoms with E-state index in [1.165, 1.54) is 11.8 Å². The Morgan fingerprint density at radius 1 is 1.25 bits per heavy atom. The lowest BCUT2D eigenvalue weighted by molar-refractivity contribution is 0.0952. The zero-order valence-corrected chi connectivity index (χ0v) is 14.4. The first-order valence-electron chi connectivity index (χ1n) is 7.72. The number of rotatable bonds is 8. The number of ether oxygens (including phenoxy) is 1. The highest BCUT2D eigenvalue weighted by atomic mass is 16.5. The zero-order valence-electron chi connectivity index (χ0n) is 14.4. The summed E-state index contributed by atoms with van der Waals surface area (Å²) >= 11 is 0. The quantitative estimate of drug-likeness (QED) is 0.614. The lowest BCUT2D eigenvalue weighted by Crippen LogP contribution is -2.29. The smallest absolute Gasteiger partial charge is 0.258 e. The number of aryl methyl sites for hydroxylation is 2. The highest BCUT2D eigenvalue weighted by molar-refractivity contribution is 5.96. The van der Waals surface area contributed by atoms with Crippen LogP contribution in [0.15, 0.2) is 12.3 Å². The second-order valence-electron chi connectivity index (χ2n) is 5.12. The van der Waals surface area contributed by atoms with Crippen LogP contribution in [-0.4, -0.2) is 52.4 Å². The first-order chi connectivity index (χ1) is 11.5. The monoisotopic (exact) mass is 333 g/mol. The van der Waals surface area contributed by atoms with Gasteiger partial charge in [-0.3, -0.25) is 9.48 Å².